The van der Waals surface area contributed by atoms with Gasteiger partial charge < -0.3 is 15.1 Å². The molecule has 0 spiro atoms. The first-order valence-electron chi connectivity index (χ1n) is 5.81. The fourth-order valence-corrected chi connectivity index (χ4v) is 2.87. The number of amides is 1. The Kier molecular flexibility index (Phi) is 3.14. The summed E-state index contributed by atoms with van der Waals surface area (Å²) in [5.74, 6) is 2.20. The van der Waals surface area contributed by atoms with Crippen LogP contribution in [-0.4, -0.2) is 40.9 Å². The van der Waals surface area contributed by atoms with Crippen molar-refractivity contribution < 1.29 is 15.0 Å². The van der Waals surface area contributed by atoms with Crippen LogP contribution >= 0.6 is 0 Å². The molecule has 2 fully saturated rings. The molecule has 2 aliphatic rings. The standard InChI is InChI=1S/C11H19NO3/c13-6-3-9-7-10(9)8-1-4-12(5-2-8)11(14)15/h8-10,13H,1-7H2,(H,14,15). The first-order chi connectivity index (χ1) is 7.22. The van der Waals surface area contributed by atoms with Crippen LogP contribution in [0.5, 0.6) is 0 Å². The van der Waals surface area contributed by atoms with E-state index in [1.165, 1.54) is 11.3 Å². The Hall–Kier alpha value is -0.770. The molecule has 1 amide bonds. The van der Waals surface area contributed by atoms with Gasteiger partial charge in [-0.05, 0) is 43.4 Å². The summed E-state index contributed by atoms with van der Waals surface area (Å²) in [6, 6.07) is 0. The highest BCUT2D eigenvalue weighted by Gasteiger charge is 2.43. The monoisotopic (exact) mass is 213 g/mol. The molecule has 0 aromatic rings. The van der Waals surface area contributed by atoms with Crippen LogP contribution in [0.15, 0.2) is 0 Å². The van der Waals surface area contributed by atoms with Crippen molar-refractivity contribution in [3.8, 4) is 0 Å². The minimum absolute atomic E-state index is 0.301. The third kappa shape index (κ3) is 2.43. The zero-order valence-electron chi connectivity index (χ0n) is 8.93. The second-order valence-corrected chi connectivity index (χ2v) is 4.78. The molecule has 86 valence electrons. The van der Waals surface area contributed by atoms with Gasteiger partial charge in [0, 0.05) is 19.7 Å². The number of carboxylic acid groups (broad SMARTS) is 1. The van der Waals surface area contributed by atoms with E-state index in [1.807, 2.05) is 0 Å². The van der Waals surface area contributed by atoms with Crippen molar-refractivity contribution in [2.75, 3.05) is 19.7 Å². The topological polar surface area (TPSA) is 60.8 Å². The summed E-state index contributed by atoms with van der Waals surface area (Å²) in [5.41, 5.74) is 0. The summed E-state index contributed by atoms with van der Waals surface area (Å²) in [7, 11) is 0. The highest BCUT2D eigenvalue weighted by molar-refractivity contribution is 5.64. The highest BCUT2D eigenvalue weighted by Crippen LogP contribution is 2.49. The molecule has 1 aliphatic heterocycles. The molecule has 0 bridgehead atoms. The molecule has 2 unspecified atom stereocenters. The number of aliphatic hydroxyl groups excluding tert-OH is 1. The first-order valence-corrected chi connectivity index (χ1v) is 5.81. The average molecular weight is 213 g/mol. The maximum Gasteiger partial charge on any atom is 0.407 e. The third-order valence-corrected chi connectivity index (χ3v) is 3.89. The molecule has 1 saturated carbocycles. The summed E-state index contributed by atoms with van der Waals surface area (Å²) in [6.45, 7) is 1.69. The Morgan fingerprint density at radius 3 is 2.53 bits per heavy atom. The summed E-state index contributed by atoms with van der Waals surface area (Å²) in [6.07, 6.45) is 3.43. The van der Waals surface area contributed by atoms with E-state index in [4.69, 9.17) is 10.2 Å². The number of rotatable bonds is 3. The van der Waals surface area contributed by atoms with Crippen LogP contribution in [0.3, 0.4) is 0 Å². The number of hydrogen-bond acceptors (Lipinski definition) is 2. The van der Waals surface area contributed by atoms with E-state index in [0.717, 1.165) is 31.1 Å². The van der Waals surface area contributed by atoms with Gasteiger partial charge >= 0.3 is 6.09 Å². The van der Waals surface area contributed by atoms with Crippen molar-refractivity contribution in [2.24, 2.45) is 17.8 Å². The molecular weight excluding hydrogens is 194 g/mol. The number of nitrogens with zero attached hydrogens (tertiary/aromatic N) is 1. The van der Waals surface area contributed by atoms with Crippen LogP contribution < -0.4 is 0 Å². The number of hydrogen-bond donors (Lipinski definition) is 2. The Labute approximate surface area is 89.9 Å². The molecule has 1 aliphatic carbocycles. The summed E-state index contributed by atoms with van der Waals surface area (Å²) >= 11 is 0. The number of carbonyl (C=O) groups is 1. The maximum atomic E-state index is 10.7. The van der Waals surface area contributed by atoms with Crippen molar-refractivity contribution in [3.63, 3.8) is 0 Å². The summed E-state index contributed by atoms with van der Waals surface area (Å²) in [4.78, 5) is 12.2. The number of aliphatic hydroxyl groups is 1. The lowest BCUT2D eigenvalue weighted by atomic mass is 9.91. The van der Waals surface area contributed by atoms with Gasteiger partial charge in [-0.3, -0.25) is 0 Å². The molecule has 0 aromatic carbocycles. The second kappa shape index (κ2) is 4.39. The van der Waals surface area contributed by atoms with Crippen LogP contribution in [0.25, 0.3) is 0 Å². The zero-order valence-corrected chi connectivity index (χ0v) is 8.93. The van der Waals surface area contributed by atoms with Crippen molar-refractivity contribution in [1.29, 1.82) is 0 Å². The summed E-state index contributed by atoms with van der Waals surface area (Å²) in [5, 5.41) is 17.6. The van der Waals surface area contributed by atoms with Gasteiger partial charge in [-0.15, -0.1) is 0 Å². The van der Waals surface area contributed by atoms with E-state index in [2.05, 4.69) is 0 Å². The molecule has 2 atom stereocenters. The minimum atomic E-state index is -0.781. The van der Waals surface area contributed by atoms with Gasteiger partial charge in [0.2, 0.25) is 0 Å². The van der Waals surface area contributed by atoms with Crippen LogP contribution in [-0.2, 0) is 0 Å². The van der Waals surface area contributed by atoms with Gasteiger partial charge in [0.15, 0.2) is 0 Å². The molecular formula is C11H19NO3. The van der Waals surface area contributed by atoms with Gasteiger partial charge in [-0.1, -0.05) is 0 Å². The van der Waals surface area contributed by atoms with Gasteiger partial charge in [0.25, 0.3) is 0 Å². The molecule has 1 heterocycles. The van der Waals surface area contributed by atoms with E-state index in [9.17, 15) is 4.79 Å². The molecule has 2 rings (SSSR count). The van der Waals surface area contributed by atoms with Gasteiger partial charge in [0.1, 0.15) is 0 Å². The van der Waals surface area contributed by atoms with Gasteiger partial charge in [-0.25, -0.2) is 4.79 Å². The maximum absolute atomic E-state index is 10.7. The number of piperidine rings is 1. The normalized spacial score (nSPS) is 31.7. The predicted molar refractivity (Wildman–Crippen MR) is 55.6 cm³/mol. The molecule has 15 heavy (non-hydrogen) atoms. The predicted octanol–water partition coefficient (Wildman–Crippen LogP) is 1.39. The minimum Gasteiger partial charge on any atom is -0.465 e. The quantitative estimate of drug-likeness (QED) is 0.744. The first kappa shape index (κ1) is 10.7. The fraction of sp³-hybridized carbons (Fsp3) is 0.909. The van der Waals surface area contributed by atoms with Crippen molar-refractivity contribution in [1.82, 2.24) is 4.90 Å². The molecule has 4 heteroatoms. The highest BCUT2D eigenvalue weighted by atomic mass is 16.4. The average Bonchev–Trinajstić information content (AvgIpc) is 2.98. The molecule has 4 nitrogen and oxygen atoms in total. The van der Waals surface area contributed by atoms with E-state index < -0.39 is 6.09 Å². The Bertz CT molecular complexity index is 236. The lowest BCUT2D eigenvalue weighted by Crippen LogP contribution is -2.38. The lowest BCUT2D eigenvalue weighted by Gasteiger charge is -2.30. The van der Waals surface area contributed by atoms with E-state index in [1.54, 1.807) is 0 Å². The molecule has 0 radical (unpaired) electrons. The van der Waals surface area contributed by atoms with E-state index in [-0.39, 0.29) is 0 Å². The zero-order chi connectivity index (χ0) is 10.8. The third-order valence-electron chi connectivity index (χ3n) is 3.89. The largest absolute Gasteiger partial charge is 0.465 e. The van der Waals surface area contributed by atoms with Gasteiger partial charge in [0.05, 0.1) is 0 Å². The summed E-state index contributed by atoms with van der Waals surface area (Å²) < 4.78 is 0. The number of likely N-dealkylation sites (tertiary alicyclic amines) is 1. The van der Waals surface area contributed by atoms with Crippen molar-refractivity contribution in [2.45, 2.75) is 25.7 Å². The van der Waals surface area contributed by atoms with Crippen LogP contribution in [0.2, 0.25) is 0 Å². The molecule has 1 saturated heterocycles. The SMILES string of the molecule is O=C(O)N1CCC(C2CC2CCO)CC1. The smallest absolute Gasteiger partial charge is 0.407 e. The van der Waals surface area contributed by atoms with Gasteiger partial charge in [-0.2, -0.15) is 0 Å². The van der Waals surface area contributed by atoms with Crippen LogP contribution in [0, 0.1) is 17.8 Å². The molecule has 0 aromatic heterocycles. The Morgan fingerprint density at radius 2 is 2.00 bits per heavy atom. The fourth-order valence-electron chi connectivity index (χ4n) is 2.87. The van der Waals surface area contributed by atoms with E-state index in [0.29, 0.717) is 25.6 Å². The van der Waals surface area contributed by atoms with E-state index >= 15 is 0 Å². The Balaban J connectivity index is 1.73. The Morgan fingerprint density at radius 1 is 1.33 bits per heavy atom. The lowest BCUT2D eigenvalue weighted by molar-refractivity contribution is 0.119. The van der Waals surface area contributed by atoms with Crippen molar-refractivity contribution >= 4 is 6.09 Å². The van der Waals surface area contributed by atoms with Crippen LogP contribution in [0.1, 0.15) is 25.7 Å². The molecule has 2 N–H and O–H groups in total. The second-order valence-electron chi connectivity index (χ2n) is 4.78. The van der Waals surface area contributed by atoms with Crippen LogP contribution in [0.4, 0.5) is 4.79 Å². The van der Waals surface area contributed by atoms with Crippen molar-refractivity contribution in [3.05, 3.63) is 0 Å².